The van der Waals surface area contributed by atoms with Crippen LogP contribution in [0.2, 0.25) is 0 Å². The van der Waals surface area contributed by atoms with E-state index in [9.17, 15) is 9.59 Å². The van der Waals surface area contributed by atoms with Crippen molar-refractivity contribution in [1.29, 1.82) is 0 Å². The minimum Gasteiger partial charge on any atom is -0.427 e. The van der Waals surface area contributed by atoms with Crippen LogP contribution in [-0.4, -0.2) is 24.0 Å². The molecule has 2 aromatic heterocycles. The number of hydrogen-bond acceptors (Lipinski definition) is 6. The maximum Gasteiger partial charge on any atom is 0.349 e. The molecule has 1 atom stereocenters. The topological polar surface area (TPSA) is 84.2 Å². The molecule has 1 amide bonds. The molecule has 9 heteroatoms. The lowest BCUT2D eigenvalue weighted by Crippen LogP contribution is -2.30. The number of aryl methyl sites for hydroxylation is 1. The van der Waals surface area contributed by atoms with Crippen LogP contribution in [0.4, 0.5) is 5.69 Å². The number of anilines is 1. The number of nitrogens with zero attached hydrogens (tertiary/aromatic N) is 1. The molecule has 0 aliphatic carbocycles. The zero-order valence-electron chi connectivity index (χ0n) is 15.2. The Morgan fingerprint density at radius 3 is 2.86 bits per heavy atom. The molecule has 1 fully saturated rings. The van der Waals surface area contributed by atoms with Crippen LogP contribution in [0.25, 0.3) is 10.2 Å². The minimum atomic E-state index is -0.585. The third-order valence-electron chi connectivity index (χ3n) is 4.68. The van der Waals surface area contributed by atoms with E-state index in [-0.39, 0.29) is 36.3 Å². The summed E-state index contributed by atoms with van der Waals surface area (Å²) in [5.74, 6) is 0.374. The molecule has 0 saturated carbocycles. The van der Waals surface area contributed by atoms with Gasteiger partial charge in [-0.15, -0.1) is 36.2 Å². The highest BCUT2D eigenvalue weighted by Gasteiger charge is 2.22. The van der Waals surface area contributed by atoms with Crippen molar-refractivity contribution in [3.8, 4) is 0 Å². The van der Waals surface area contributed by atoms with Gasteiger partial charge in [0.1, 0.15) is 11.3 Å². The molecule has 150 valence electrons. The average Bonchev–Trinajstić information content (AvgIpc) is 3.09. The molecule has 0 bridgehead atoms. The summed E-state index contributed by atoms with van der Waals surface area (Å²) in [5.41, 5.74) is 3.28. The van der Waals surface area contributed by atoms with Gasteiger partial charge in [-0.1, -0.05) is 0 Å². The summed E-state index contributed by atoms with van der Waals surface area (Å²) >= 11 is 1.54. The van der Waals surface area contributed by atoms with Crippen molar-refractivity contribution < 1.29 is 9.21 Å². The molecule has 4 rings (SSSR count). The monoisotopic (exact) mass is 441 g/mol. The Morgan fingerprint density at radius 2 is 2.14 bits per heavy atom. The Kier molecular flexibility index (Phi) is 7.60. The van der Waals surface area contributed by atoms with E-state index in [4.69, 9.17) is 4.42 Å². The average molecular weight is 442 g/mol. The lowest BCUT2D eigenvalue weighted by Gasteiger charge is -2.22. The highest BCUT2D eigenvalue weighted by molar-refractivity contribution is 7.16. The summed E-state index contributed by atoms with van der Waals surface area (Å²) in [7, 11) is 0. The normalized spacial score (nSPS) is 16.1. The van der Waals surface area contributed by atoms with Crippen LogP contribution in [0.15, 0.2) is 39.0 Å². The van der Waals surface area contributed by atoms with Crippen LogP contribution >= 0.6 is 36.2 Å². The summed E-state index contributed by atoms with van der Waals surface area (Å²) in [6.07, 6.45) is 2.03. The quantitative estimate of drug-likeness (QED) is 0.638. The highest BCUT2D eigenvalue weighted by Crippen LogP contribution is 2.25. The van der Waals surface area contributed by atoms with Gasteiger partial charge in [-0.05, 0) is 56.1 Å². The van der Waals surface area contributed by atoms with Gasteiger partial charge in [0.2, 0.25) is 0 Å². The van der Waals surface area contributed by atoms with Crippen molar-refractivity contribution in [1.82, 2.24) is 10.3 Å². The van der Waals surface area contributed by atoms with Crippen molar-refractivity contribution in [2.75, 3.05) is 18.4 Å². The van der Waals surface area contributed by atoms with E-state index in [2.05, 4.69) is 15.6 Å². The number of nitrogens with one attached hydrogen (secondary N) is 2. The molecule has 1 saturated heterocycles. The zero-order valence-corrected chi connectivity index (χ0v) is 17.6. The van der Waals surface area contributed by atoms with Crippen molar-refractivity contribution in [2.24, 2.45) is 0 Å². The molecule has 28 heavy (non-hydrogen) atoms. The molecular weight excluding hydrogens is 421 g/mol. The molecule has 0 spiro atoms. The second-order valence-electron chi connectivity index (χ2n) is 6.53. The number of thiazole rings is 1. The predicted octanol–water partition coefficient (Wildman–Crippen LogP) is 4.12. The van der Waals surface area contributed by atoms with Crippen molar-refractivity contribution in [3.05, 3.63) is 57.1 Å². The number of hydrogen-bond donors (Lipinski definition) is 2. The largest absolute Gasteiger partial charge is 0.427 e. The SMILES string of the molecule is Cc1cc(C2CCCNC2)oc(=O)c1C(=O)Nc1ccc2scnc2c1.Cl.Cl. The molecule has 1 unspecified atom stereocenters. The van der Waals surface area contributed by atoms with Crippen LogP contribution in [0.3, 0.4) is 0 Å². The molecule has 3 aromatic rings. The van der Waals surface area contributed by atoms with E-state index in [1.165, 1.54) is 11.3 Å². The first-order valence-electron chi connectivity index (χ1n) is 8.62. The fraction of sp³-hybridized carbons (Fsp3) is 0.316. The van der Waals surface area contributed by atoms with Crippen LogP contribution < -0.4 is 16.3 Å². The first-order valence-corrected chi connectivity index (χ1v) is 9.50. The predicted molar refractivity (Wildman–Crippen MR) is 117 cm³/mol. The first-order chi connectivity index (χ1) is 12.6. The number of rotatable bonds is 3. The maximum atomic E-state index is 12.6. The Labute approximate surface area is 178 Å². The Hall–Kier alpha value is -1.93. The third kappa shape index (κ3) is 4.55. The number of fused-ring (bicyclic) bond motifs is 1. The van der Waals surface area contributed by atoms with Gasteiger partial charge in [0, 0.05) is 18.2 Å². The van der Waals surface area contributed by atoms with Gasteiger partial charge in [0.05, 0.1) is 15.7 Å². The summed E-state index contributed by atoms with van der Waals surface area (Å²) in [5, 5.41) is 6.08. The fourth-order valence-electron chi connectivity index (χ4n) is 3.33. The molecule has 2 N–H and O–H groups in total. The van der Waals surface area contributed by atoms with Gasteiger partial charge in [-0.2, -0.15) is 0 Å². The van der Waals surface area contributed by atoms with Gasteiger partial charge >= 0.3 is 5.63 Å². The van der Waals surface area contributed by atoms with E-state index in [1.807, 2.05) is 12.1 Å². The Morgan fingerprint density at radius 1 is 1.32 bits per heavy atom. The number of carbonyl (C=O) groups excluding carboxylic acids is 1. The van der Waals surface area contributed by atoms with E-state index in [0.717, 1.165) is 36.1 Å². The van der Waals surface area contributed by atoms with Gasteiger partial charge in [0.15, 0.2) is 0 Å². The smallest absolute Gasteiger partial charge is 0.349 e. The van der Waals surface area contributed by atoms with Crippen molar-refractivity contribution >= 4 is 58.0 Å². The van der Waals surface area contributed by atoms with Crippen LogP contribution in [0.1, 0.15) is 40.4 Å². The van der Waals surface area contributed by atoms with Crippen LogP contribution in [0.5, 0.6) is 0 Å². The van der Waals surface area contributed by atoms with Gasteiger partial charge in [0.25, 0.3) is 5.91 Å². The number of piperidine rings is 1. The molecule has 1 aromatic carbocycles. The van der Waals surface area contributed by atoms with E-state index >= 15 is 0 Å². The number of benzene rings is 1. The highest BCUT2D eigenvalue weighted by atomic mass is 35.5. The van der Waals surface area contributed by atoms with E-state index in [0.29, 0.717) is 17.0 Å². The molecule has 3 heterocycles. The van der Waals surface area contributed by atoms with Gasteiger partial charge in [-0.25, -0.2) is 9.78 Å². The lowest BCUT2D eigenvalue weighted by atomic mass is 9.95. The summed E-state index contributed by atoms with van der Waals surface area (Å²) in [6, 6.07) is 7.31. The molecule has 1 aliphatic heterocycles. The van der Waals surface area contributed by atoms with E-state index in [1.54, 1.807) is 24.6 Å². The number of halogens is 2. The standard InChI is InChI=1S/C19H19N3O3S.2ClH/c1-11-7-15(12-3-2-6-20-9-12)25-19(24)17(11)18(23)22-13-4-5-16-14(8-13)21-10-26-16;;/h4-5,7-8,10,12,20H,2-3,6,9H2,1H3,(H,22,23);2*1H. The molecule has 1 aliphatic rings. The first kappa shape index (κ1) is 22.4. The third-order valence-corrected chi connectivity index (χ3v) is 5.49. The Balaban J connectivity index is 0.00000140. The maximum absolute atomic E-state index is 12.6. The zero-order chi connectivity index (χ0) is 18.1. The van der Waals surface area contributed by atoms with Gasteiger partial charge in [-0.3, -0.25) is 4.79 Å². The van der Waals surface area contributed by atoms with Crippen molar-refractivity contribution in [2.45, 2.75) is 25.7 Å². The second kappa shape index (κ2) is 9.52. The Bertz CT molecular complexity index is 1030. The molecule has 0 radical (unpaired) electrons. The summed E-state index contributed by atoms with van der Waals surface area (Å²) in [6.45, 7) is 3.56. The van der Waals surface area contributed by atoms with E-state index < -0.39 is 11.5 Å². The van der Waals surface area contributed by atoms with Crippen molar-refractivity contribution in [3.63, 3.8) is 0 Å². The van der Waals surface area contributed by atoms with Crippen LogP contribution in [0, 0.1) is 6.92 Å². The molecular formula is C19H21Cl2N3O3S. The lowest BCUT2D eigenvalue weighted by molar-refractivity contribution is 0.102. The fourth-order valence-corrected chi connectivity index (χ4v) is 3.99. The second-order valence-corrected chi connectivity index (χ2v) is 7.41. The summed E-state index contributed by atoms with van der Waals surface area (Å²) in [4.78, 5) is 29.3. The van der Waals surface area contributed by atoms with Crippen LogP contribution in [-0.2, 0) is 0 Å². The van der Waals surface area contributed by atoms with Gasteiger partial charge < -0.3 is 15.1 Å². The summed E-state index contributed by atoms with van der Waals surface area (Å²) < 4.78 is 6.52. The number of aromatic nitrogens is 1. The number of carbonyl (C=O) groups is 1. The molecule has 6 nitrogen and oxygen atoms in total. The minimum absolute atomic E-state index is 0. The number of amides is 1.